The fourth-order valence-corrected chi connectivity index (χ4v) is 0.785. The fraction of sp³-hybridized carbons (Fsp3) is 0.333. The van der Waals surface area contributed by atoms with E-state index in [9.17, 15) is 4.79 Å². The molecule has 1 aromatic rings. The van der Waals surface area contributed by atoms with Crippen LogP contribution in [0.25, 0.3) is 0 Å². The second kappa shape index (κ2) is 5.18. The van der Waals surface area contributed by atoms with Crippen molar-refractivity contribution < 1.29 is 19.4 Å². The molecule has 0 atom stereocenters. The molecule has 0 aliphatic carbocycles. The molecule has 0 aromatic carbocycles. The predicted molar refractivity (Wildman–Crippen MR) is 48.3 cm³/mol. The third-order valence-corrected chi connectivity index (χ3v) is 1.47. The fourth-order valence-electron chi connectivity index (χ4n) is 0.785. The van der Waals surface area contributed by atoms with Gasteiger partial charge in [0.2, 0.25) is 0 Å². The van der Waals surface area contributed by atoms with Crippen molar-refractivity contribution in [3.05, 3.63) is 24.0 Å². The number of carboxylic acid groups (broad SMARTS) is 1. The van der Waals surface area contributed by atoms with Gasteiger partial charge in [0.25, 0.3) is 0 Å². The molecule has 0 saturated carbocycles. The molecule has 1 rings (SSSR count). The van der Waals surface area contributed by atoms with E-state index in [0.717, 1.165) is 0 Å². The lowest BCUT2D eigenvalue weighted by atomic mass is 10.3. The lowest BCUT2D eigenvalue weighted by molar-refractivity contribution is 0.0222. The number of ether oxygens (including phenoxy) is 2. The van der Waals surface area contributed by atoms with E-state index < -0.39 is 5.97 Å². The normalized spacial score (nSPS) is 9.79. The Bertz CT molecular complexity index is 296. The zero-order chi connectivity index (χ0) is 10.4. The molecule has 5 heteroatoms. The highest BCUT2D eigenvalue weighted by Gasteiger charge is 2.03. The van der Waals surface area contributed by atoms with Crippen molar-refractivity contribution in [1.82, 2.24) is 4.98 Å². The number of carboxylic acids is 1. The molecule has 0 saturated heterocycles. The van der Waals surface area contributed by atoms with Gasteiger partial charge in [-0.1, -0.05) is 0 Å². The molecular formula is C9H11NO4. The van der Waals surface area contributed by atoms with Crippen molar-refractivity contribution in [3.63, 3.8) is 0 Å². The average molecular weight is 197 g/mol. The van der Waals surface area contributed by atoms with Gasteiger partial charge in [-0.25, -0.2) is 9.78 Å². The standard InChI is InChI=1S/C9H11NO4/c1-2-13-6-14-7-3-4-8(9(11)12)10-5-7/h3-5H,2,6H2,1H3,(H,11,12). The number of aromatic nitrogens is 1. The average Bonchev–Trinajstić information content (AvgIpc) is 2.19. The van der Waals surface area contributed by atoms with Crippen LogP contribution >= 0.6 is 0 Å². The second-order valence-corrected chi connectivity index (χ2v) is 2.44. The number of nitrogens with zero attached hydrogens (tertiary/aromatic N) is 1. The van der Waals surface area contributed by atoms with E-state index in [4.69, 9.17) is 14.6 Å². The van der Waals surface area contributed by atoms with Crippen LogP contribution in [0, 0.1) is 0 Å². The summed E-state index contributed by atoms with van der Waals surface area (Å²) < 4.78 is 10.1. The van der Waals surface area contributed by atoms with Crippen molar-refractivity contribution in [2.75, 3.05) is 13.4 Å². The summed E-state index contributed by atoms with van der Waals surface area (Å²) >= 11 is 0. The predicted octanol–water partition coefficient (Wildman–Crippen LogP) is 1.15. The molecule has 76 valence electrons. The van der Waals surface area contributed by atoms with Gasteiger partial charge in [0.05, 0.1) is 6.20 Å². The minimum Gasteiger partial charge on any atom is -0.477 e. The second-order valence-electron chi connectivity index (χ2n) is 2.44. The van der Waals surface area contributed by atoms with Crippen LogP contribution in [0.3, 0.4) is 0 Å². The minimum absolute atomic E-state index is 0.00578. The maximum absolute atomic E-state index is 10.4. The number of rotatable bonds is 5. The summed E-state index contributed by atoms with van der Waals surface area (Å²) in [6, 6.07) is 2.92. The molecule has 1 aromatic heterocycles. The van der Waals surface area contributed by atoms with Gasteiger partial charge in [0.1, 0.15) is 11.4 Å². The van der Waals surface area contributed by atoms with Crippen LogP contribution in [0.1, 0.15) is 17.4 Å². The van der Waals surface area contributed by atoms with Gasteiger partial charge in [-0.15, -0.1) is 0 Å². The number of hydrogen-bond donors (Lipinski definition) is 1. The lowest BCUT2D eigenvalue weighted by Gasteiger charge is -2.04. The molecule has 1 heterocycles. The van der Waals surface area contributed by atoms with Gasteiger partial charge in [-0.3, -0.25) is 0 Å². The van der Waals surface area contributed by atoms with Crippen molar-refractivity contribution >= 4 is 5.97 Å². The van der Waals surface area contributed by atoms with E-state index in [1.165, 1.54) is 18.3 Å². The molecule has 0 aliphatic rings. The first-order chi connectivity index (χ1) is 6.74. The van der Waals surface area contributed by atoms with E-state index in [1.54, 1.807) is 0 Å². The zero-order valence-electron chi connectivity index (χ0n) is 7.77. The van der Waals surface area contributed by atoms with Gasteiger partial charge in [-0.05, 0) is 19.1 Å². The summed E-state index contributed by atoms with van der Waals surface area (Å²) in [6.45, 7) is 2.57. The van der Waals surface area contributed by atoms with E-state index >= 15 is 0 Å². The van der Waals surface area contributed by atoms with Crippen LogP contribution in [0.5, 0.6) is 5.75 Å². The summed E-state index contributed by atoms with van der Waals surface area (Å²) in [7, 11) is 0. The van der Waals surface area contributed by atoms with Crippen molar-refractivity contribution in [3.8, 4) is 5.75 Å². The lowest BCUT2D eigenvalue weighted by Crippen LogP contribution is -2.04. The summed E-state index contributed by atoms with van der Waals surface area (Å²) in [4.78, 5) is 14.1. The molecule has 0 radical (unpaired) electrons. The first-order valence-electron chi connectivity index (χ1n) is 4.14. The minimum atomic E-state index is -1.05. The Morgan fingerprint density at radius 1 is 1.57 bits per heavy atom. The Morgan fingerprint density at radius 2 is 2.36 bits per heavy atom. The van der Waals surface area contributed by atoms with Gasteiger partial charge in [-0.2, -0.15) is 0 Å². The Labute approximate surface area is 81.3 Å². The molecule has 0 spiro atoms. The first-order valence-corrected chi connectivity index (χ1v) is 4.14. The van der Waals surface area contributed by atoms with E-state index in [2.05, 4.69) is 4.98 Å². The molecule has 5 nitrogen and oxygen atoms in total. The molecule has 0 amide bonds. The highest BCUT2D eigenvalue weighted by atomic mass is 16.7. The van der Waals surface area contributed by atoms with E-state index in [1.807, 2.05) is 6.92 Å². The quantitative estimate of drug-likeness (QED) is 0.566. The summed E-state index contributed by atoms with van der Waals surface area (Å²) in [6.07, 6.45) is 1.35. The van der Waals surface area contributed by atoms with Crippen LogP contribution < -0.4 is 4.74 Å². The Hall–Kier alpha value is -1.62. The van der Waals surface area contributed by atoms with Crippen molar-refractivity contribution in [1.29, 1.82) is 0 Å². The Balaban J connectivity index is 2.51. The zero-order valence-corrected chi connectivity index (χ0v) is 7.77. The molecule has 0 unspecified atom stereocenters. The number of pyridine rings is 1. The molecule has 0 bridgehead atoms. The third-order valence-electron chi connectivity index (χ3n) is 1.47. The first kappa shape index (κ1) is 10.5. The van der Waals surface area contributed by atoms with Gasteiger partial charge < -0.3 is 14.6 Å². The summed E-state index contributed by atoms with van der Waals surface area (Å²) in [5.41, 5.74) is -0.00578. The highest BCUT2D eigenvalue weighted by molar-refractivity contribution is 5.85. The molecular weight excluding hydrogens is 186 g/mol. The smallest absolute Gasteiger partial charge is 0.354 e. The van der Waals surface area contributed by atoms with Gasteiger partial charge in [0.15, 0.2) is 6.79 Å². The van der Waals surface area contributed by atoms with Gasteiger partial charge >= 0.3 is 5.97 Å². The van der Waals surface area contributed by atoms with E-state index in [-0.39, 0.29) is 12.5 Å². The van der Waals surface area contributed by atoms with Crippen LogP contribution in [-0.2, 0) is 4.74 Å². The molecule has 1 N–H and O–H groups in total. The molecule has 14 heavy (non-hydrogen) atoms. The maximum atomic E-state index is 10.4. The molecule has 0 aliphatic heterocycles. The van der Waals surface area contributed by atoms with Crippen LogP contribution in [-0.4, -0.2) is 29.5 Å². The van der Waals surface area contributed by atoms with E-state index in [0.29, 0.717) is 12.4 Å². The number of hydrogen-bond acceptors (Lipinski definition) is 4. The molecule has 0 fully saturated rings. The van der Waals surface area contributed by atoms with Crippen LogP contribution in [0.15, 0.2) is 18.3 Å². The monoisotopic (exact) mass is 197 g/mol. The highest BCUT2D eigenvalue weighted by Crippen LogP contribution is 2.08. The number of carbonyl (C=O) groups is 1. The van der Waals surface area contributed by atoms with Gasteiger partial charge in [0, 0.05) is 6.61 Å². The van der Waals surface area contributed by atoms with Crippen LogP contribution in [0.2, 0.25) is 0 Å². The summed E-state index contributed by atoms with van der Waals surface area (Å²) in [5, 5.41) is 8.56. The number of aromatic carboxylic acids is 1. The third kappa shape index (κ3) is 3.02. The van der Waals surface area contributed by atoms with Crippen LogP contribution in [0.4, 0.5) is 0 Å². The maximum Gasteiger partial charge on any atom is 0.354 e. The SMILES string of the molecule is CCOCOc1ccc(C(=O)O)nc1. The van der Waals surface area contributed by atoms with Crippen molar-refractivity contribution in [2.24, 2.45) is 0 Å². The Morgan fingerprint density at radius 3 is 2.86 bits per heavy atom. The summed E-state index contributed by atoms with van der Waals surface area (Å²) in [5.74, 6) is -0.565. The van der Waals surface area contributed by atoms with Crippen molar-refractivity contribution in [2.45, 2.75) is 6.92 Å². The Kier molecular flexibility index (Phi) is 3.87. The largest absolute Gasteiger partial charge is 0.477 e. The topological polar surface area (TPSA) is 68.7 Å².